The number of carbonyl (C=O) groups excluding carboxylic acids is 1. The minimum atomic E-state index is -0.219. The van der Waals surface area contributed by atoms with Gasteiger partial charge in [-0.3, -0.25) is 4.79 Å². The molecule has 5 heteroatoms. The van der Waals surface area contributed by atoms with Crippen LogP contribution < -0.4 is 4.90 Å². The topological polar surface area (TPSA) is 23.6 Å². The quantitative estimate of drug-likeness (QED) is 0.774. The molecule has 0 aromatic heterocycles. The van der Waals surface area contributed by atoms with Crippen molar-refractivity contribution in [2.24, 2.45) is 0 Å². The van der Waals surface area contributed by atoms with E-state index in [4.69, 9.17) is 0 Å². The fourth-order valence-corrected chi connectivity index (χ4v) is 3.66. The Morgan fingerprint density at radius 3 is 2.29 bits per heavy atom. The van der Waals surface area contributed by atoms with Gasteiger partial charge in [-0.05, 0) is 36.4 Å². The van der Waals surface area contributed by atoms with Gasteiger partial charge < -0.3 is 9.80 Å². The Hall–Kier alpha value is -2.01. The van der Waals surface area contributed by atoms with E-state index in [9.17, 15) is 9.18 Å². The standard InChI is InChI=1S/C19H21FN2OS/c20-16-6-8-17(9-7-16)21-11-13-22(14-12-21)19(23)10-15-24-18-4-2-1-3-5-18/h1-9H,10-15H2. The van der Waals surface area contributed by atoms with Crippen LogP contribution in [0.2, 0.25) is 0 Å². The average molecular weight is 344 g/mol. The number of hydrogen-bond donors (Lipinski definition) is 0. The zero-order valence-electron chi connectivity index (χ0n) is 13.5. The van der Waals surface area contributed by atoms with Crippen molar-refractivity contribution in [3.63, 3.8) is 0 Å². The lowest BCUT2D eigenvalue weighted by molar-refractivity contribution is -0.131. The fraction of sp³-hybridized carbons (Fsp3) is 0.316. The van der Waals surface area contributed by atoms with Crippen LogP contribution in [0.25, 0.3) is 0 Å². The molecule has 1 saturated heterocycles. The van der Waals surface area contributed by atoms with Crippen molar-refractivity contribution in [2.75, 3.05) is 36.8 Å². The zero-order valence-corrected chi connectivity index (χ0v) is 14.3. The second-order valence-corrected chi connectivity index (χ2v) is 6.92. The summed E-state index contributed by atoms with van der Waals surface area (Å²) in [6, 6.07) is 16.7. The van der Waals surface area contributed by atoms with Crippen molar-refractivity contribution >= 4 is 23.4 Å². The average Bonchev–Trinajstić information content (AvgIpc) is 2.63. The Kier molecular flexibility index (Phi) is 5.75. The first kappa shape index (κ1) is 16.8. The van der Waals surface area contributed by atoms with Gasteiger partial charge in [0.2, 0.25) is 5.91 Å². The number of halogens is 1. The van der Waals surface area contributed by atoms with Gasteiger partial charge in [0.25, 0.3) is 0 Å². The maximum atomic E-state index is 13.0. The van der Waals surface area contributed by atoms with E-state index < -0.39 is 0 Å². The van der Waals surface area contributed by atoms with E-state index in [1.54, 1.807) is 23.9 Å². The molecule has 2 aromatic carbocycles. The van der Waals surface area contributed by atoms with Gasteiger partial charge >= 0.3 is 0 Å². The number of thioether (sulfide) groups is 1. The third-order valence-electron chi connectivity index (χ3n) is 4.15. The van der Waals surface area contributed by atoms with Gasteiger partial charge in [-0.25, -0.2) is 4.39 Å². The van der Waals surface area contributed by atoms with Gasteiger partial charge in [-0.2, -0.15) is 0 Å². The van der Waals surface area contributed by atoms with Crippen LogP contribution in [-0.2, 0) is 4.79 Å². The molecular weight excluding hydrogens is 323 g/mol. The van der Waals surface area contributed by atoms with E-state index >= 15 is 0 Å². The maximum Gasteiger partial charge on any atom is 0.223 e. The van der Waals surface area contributed by atoms with Gasteiger partial charge in [0.1, 0.15) is 5.82 Å². The van der Waals surface area contributed by atoms with E-state index in [0.29, 0.717) is 6.42 Å². The molecule has 0 N–H and O–H groups in total. The first-order valence-electron chi connectivity index (χ1n) is 8.18. The van der Waals surface area contributed by atoms with Crippen molar-refractivity contribution in [3.05, 3.63) is 60.4 Å². The van der Waals surface area contributed by atoms with Crippen LogP contribution in [-0.4, -0.2) is 42.7 Å². The van der Waals surface area contributed by atoms with E-state index in [0.717, 1.165) is 37.6 Å². The Balaban J connectivity index is 1.42. The third-order valence-corrected chi connectivity index (χ3v) is 5.17. The predicted molar refractivity (Wildman–Crippen MR) is 97.0 cm³/mol. The minimum Gasteiger partial charge on any atom is -0.368 e. The van der Waals surface area contributed by atoms with Crippen LogP contribution in [0.5, 0.6) is 0 Å². The number of rotatable bonds is 5. The highest BCUT2D eigenvalue weighted by Crippen LogP contribution is 2.20. The number of carbonyl (C=O) groups is 1. The van der Waals surface area contributed by atoms with Crippen LogP contribution in [0.3, 0.4) is 0 Å². The van der Waals surface area contributed by atoms with Gasteiger partial charge in [0, 0.05) is 48.9 Å². The van der Waals surface area contributed by atoms with Crippen molar-refractivity contribution in [1.82, 2.24) is 4.90 Å². The number of nitrogens with zero attached hydrogens (tertiary/aromatic N) is 2. The smallest absolute Gasteiger partial charge is 0.223 e. The van der Waals surface area contributed by atoms with E-state index in [1.165, 1.54) is 17.0 Å². The molecule has 0 spiro atoms. The number of piperazine rings is 1. The first-order chi connectivity index (χ1) is 11.7. The molecule has 0 bridgehead atoms. The summed E-state index contributed by atoms with van der Waals surface area (Å²) in [4.78, 5) is 17.7. The minimum absolute atomic E-state index is 0.219. The molecule has 24 heavy (non-hydrogen) atoms. The van der Waals surface area contributed by atoms with Crippen LogP contribution in [0.4, 0.5) is 10.1 Å². The summed E-state index contributed by atoms with van der Waals surface area (Å²) in [5.74, 6) is 0.807. The molecule has 0 unspecified atom stereocenters. The Bertz CT molecular complexity index is 655. The molecule has 3 nitrogen and oxygen atoms in total. The monoisotopic (exact) mass is 344 g/mol. The SMILES string of the molecule is O=C(CCSc1ccccc1)N1CCN(c2ccc(F)cc2)CC1. The van der Waals surface area contributed by atoms with Crippen molar-refractivity contribution in [3.8, 4) is 0 Å². The molecule has 1 fully saturated rings. The molecule has 0 saturated carbocycles. The van der Waals surface area contributed by atoms with Gasteiger partial charge in [0.05, 0.1) is 0 Å². The molecule has 1 heterocycles. The molecule has 1 amide bonds. The molecule has 0 radical (unpaired) electrons. The Morgan fingerprint density at radius 2 is 1.62 bits per heavy atom. The van der Waals surface area contributed by atoms with Gasteiger partial charge in [-0.15, -0.1) is 11.8 Å². The number of anilines is 1. The molecular formula is C19H21FN2OS. The highest BCUT2D eigenvalue weighted by Gasteiger charge is 2.20. The second-order valence-electron chi connectivity index (χ2n) is 5.76. The number of amides is 1. The molecule has 2 aromatic rings. The Labute approximate surface area is 146 Å². The van der Waals surface area contributed by atoms with Crippen LogP contribution >= 0.6 is 11.8 Å². The summed E-state index contributed by atoms with van der Waals surface area (Å²) in [6.07, 6.45) is 0.566. The van der Waals surface area contributed by atoms with Crippen molar-refractivity contribution in [2.45, 2.75) is 11.3 Å². The normalized spacial score (nSPS) is 14.7. The van der Waals surface area contributed by atoms with Crippen molar-refractivity contribution in [1.29, 1.82) is 0 Å². The van der Waals surface area contributed by atoms with Crippen LogP contribution in [0.1, 0.15) is 6.42 Å². The molecule has 3 rings (SSSR count). The third kappa shape index (κ3) is 4.51. The molecule has 1 aliphatic rings. The van der Waals surface area contributed by atoms with E-state index in [1.807, 2.05) is 23.1 Å². The van der Waals surface area contributed by atoms with Gasteiger partial charge in [-0.1, -0.05) is 18.2 Å². The lowest BCUT2D eigenvalue weighted by atomic mass is 10.2. The van der Waals surface area contributed by atoms with Crippen LogP contribution in [0, 0.1) is 5.82 Å². The summed E-state index contributed by atoms with van der Waals surface area (Å²) in [5, 5.41) is 0. The summed E-state index contributed by atoms with van der Waals surface area (Å²) >= 11 is 1.72. The summed E-state index contributed by atoms with van der Waals surface area (Å²) in [6.45, 7) is 3.05. The molecule has 1 aliphatic heterocycles. The molecule has 0 atom stereocenters. The lowest BCUT2D eigenvalue weighted by Gasteiger charge is -2.36. The Morgan fingerprint density at radius 1 is 0.958 bits per heavy atom. The van der Waals surface area contributed by atoms with E-state index in [-0.39, 0.29) is 11.7 Å². The van der Waals surface area contributed by atoms with Gasteiger partial charge in [0.15, 0.2) is 0 Å². The fourth-order valence-electron chi connectivity index (χ4n) is 2.80. The second kappa shape index (κ2) is 8.20. The van der Waals surface area contributed by atoms with E-state index in [2.05, 4.69) is 17.0 Å². The lowest BCUT2D eigenvalue weighted by Crippen LogP contribution is -2.48. The first-order valence-corrected chi connectivity index (χ1v) is 9.17. The largest absolute Gasteiger partial charge is 0.368 e. The highest BCUT2D eigenvalue weighted by atomic mass is 32.2. The molecule has 126 valence electrons. The zero-order chi connectivity index (χ0) is 16.8. The predicted octanol–water partition coefficient (Wildman–Crippen LogP) is 3.66. The summed E-state index contributed by atoms with van der Waals surface area (Å²) in [5.41, 5.74) is 1.02. The maximum absolute atomic E-state index is 13.0. The summed E-state index contributed by atoms with van der Waals surface area (Å²) in [7, 11) is 0. The highest BCUT2D eigenvalue weighted by molar-refractivity contribution is 7.99. The summed E-state index contributed by atoms with van der Waals surface area (Å²) < 4.78 is 13.0. The molecule has 0 aliphatic carbocycles. The van der Waals surface area contributed by atoms with Crippen LogP contribution in [0.15, 0.2) is 59.5 Å². The number of hydrogen-bond acceptors (Lipinski definition) is 3. The number of benzene rings is 2. The van der Waals surface area contributed by atoms with Crippen molar-refractivity contribution < 1.29 is 9.18 Å².